The lowest BCUT2D eigenvalue weighted by Crippen LogP contribution is -1.91. The highest BCUT2D eigenvalue weighted by Gasteiger charge is 1.96. The van der Waals surface area contributed by atoms with Gasteiger partial charge in [0.2, 0.25) is 0 Å². The van der Waals surface area contributed by atoms with Crippen LogP contribution in [-0.4, -0.2) is 5.78 Å². The summed E-state index contributed by atoms with van der Waals surface area (Å²) in [6, 6.07) is 1.76. The summed E-state index contributed by atoms with van der Waals surface area (Å²) in [5.74, 6) is -0.171. The Hall–Kier alpha value is -1.10. The number of rotatable bonds is 1. The molecule has 0 aromatic carbocycles. The molecule has 0 fully saturated rings. The molecule has 0 aliphatic heterocycles. The van der Waals surface area contributed by atoms with Gasteiger partial charge in [0, 0.05) is 0 Å². The number of carbonyl (C=O) groups excluding carboxylic acids is 1. The third kappa shape index (κ3) is 5.04. The highest BCUT2D eigenvalue weighted by atomic mass is 16.1. The average Bonchev–Trinajstić information content (AvgIpc) is 1.94. The molecule has 0 aliphatic rings. The summed E-state index contributed by atoms with van der Waals surface area (Å²) in [5.41, 5.74) is 0.227. The van der Waals surface area contributed by atoms with Crippen molar-refractivity contribution in [2.24, 2.45) is 0 Å². The van der Waals surface area contributed by atoms with Crippen molar-refractivity contribution >= 4 is 5.78 Å². The van der Waals surface area contributed by atoms with Crippen molar-refractivity contribution in [2.45, 2.75) is 27.7 Å². The van der Waals surface area contributed by atoms with E-state index in [4.69, 9.17) is 5.26 Å². The molecule has 0 radical (unpaired) electrons. The lowest BCUT2D eigenvalue weighted by atomic mass is 10.2. The summed E-state index contributed by atoms with van der Waals surface area (Å²) in [7, 11) is 0. The van der Waals surface area contributed by atoms with Crippen LogP contribution >= 0.6 is 0 Å². The van der Waals surface area contributed by atoms with Gasteiger partial charge in [0.25, 0.3) is 0 Å². The molecule has 0 spiro atoms. The molecule has 2 nitrogen and oxygen atoms in total. The second-order valence-electron chi connectivity index (χ2n) is 1.37. The van der Waals surface area contributed by atoms with Gasteiger partial charge in [-0.1, -0.05) is 19.9 Å². The van der Waals surface area contributed by atoms with Crippen LogP contribution in [0.15, 0.2) is 11.6 Å². The highest BCUT2D eigenvalue weighted by molar-refractivity contribution is 5.96. The molecule has 0 unspecified atom stereocenters. The largest absolute Gasteiger partial charge is 0.294 e. The van der Waals surface area contributed by atoms with Crippen LogP contribution in [0, 0.1) is 11.3 Å². The molecule has 10 heavy (non-hydrogen) atoms. The Morgan fingerprint density at radius 1 is 1.50 bits per heavy atom. The van der Waals surface area contributed by atoms with E-state index in [-0.39, 0.29) is 11.4 Å². The summed E-state index contributed by atoms with van der Waals surface area (Å²) in [5, 5.41) is 8.16. The van der Waals surface area contributed by atoms with E-state index in [2.05, 4.69) is 0 Å². The van der Waals surface area contributed by atoms with Crippen LogP contribution in [0.1, 0.15) is 27.7 Å². The van der Waals surface area contributed by atoms with Crippen molar-refractivity contribution < 1.29 is 4.79 Å². The Labute approximate surface area is 62.2 Å². The van der Waals surface area contributed by atoms with E-state index in [1.165, 1.54) is 13.0 Å². The van der Waals surface area contributed by atoms with Gasteiger partial charge < -0.3 is 0 Å². The van der Waals surface area contributed by atoms with Crippen LogP contribution in [0.3, 0.4) is 0 Å². The molecule has 0 aliphatic carbocycles. The number of nitrogens with zero attached hydrogens (tertiary/aromatic N) is 1. The summed E-state index contributed by atoms with van der Waals surface area (Å²) >= 11 is 0. The molecule has 0 rings (SSSR count). The molecule has 0 aromatic rings. The Bertz CT molecular complexity index is 163. The second kappa shape index (κ2) is 7.90. The zero-order valence-electron chi connectivity index (χ0n) is 6.93. The van der Waals surface area contributed by atoms with Crippen LogP contribution < -0.4 is 0 Å². The van der Waals surface area contributed by atoms with Gasteiger partial charge in [-0.25, -0.2) is 0 Å². The van der Waals surface area contributed by atoms with Crippen LogP contribution in [0.25, 0.3) is 0 Å². The first-order valence-corrected chi connectivity index (χ1v) is 3.29. The van der Waals surface area contributed by atoms with E-state index in [1.807, 2.05) is 13.8 Å². The number of nitriles is 1. The van der Waals surface area contributed by atoms with Crippen molar-refractivity contribution in [3.05, 3.63) is 11.6 Å². The van der Waals surface area contributed by atoms with Gasteiger partial charge in [-0.3, -0.25) is 4.79 Å². The first-order valence-electron chi connectivity index (χ1n) is 3.29. The first-order chi connectivity index (χ1) is 4.72. The lowest BCUT2D eigenvalue weighted by Gasteiger charge is -1.82. The molecular weight excluding hydrogens is 126 g/mol. The molecule has 0 saturated carbocycles. The lowest BCUT2D eigenvalue weighted by molar-refractivity contribution is -0.113. The number of allylic oxidation sites excluding steroid dienone is 2. The smallest absolute Gasteiger partial charge is 0.169 e. The molecule has 2 heteroatoms. The predicted octanol–water partition coefficient (Wildman–Crippen LogP) is 2.07. The standard InChI is InChI=1S/C6H7NO.C2H6/c1-3-6(4-7)5(2)8;1-2/h3H,1-2H3;1-2H3/b6-3+;. The van der Waals surface area contributed by atoms with Crippen molar-refractivity contribution in [1.29, 1.82) is 5.26 Å². The summed E-state index contributed by atoms with van der Waals surface area (Å²) < 4.78 is 0. The summed E-state index contributed by atoms with van der Waals surface area (Å²) in [6.45, 7) is 7.04. The molecule has 0 saturated heterocycles. The van der Waals surface area contributed by atoms with E-state index >= 15 is 0 Å². The fourth-order valence-corrected chi connectivity index (χ4v) is 0.347. The molecule has 0 heterocycles. The quantitative estimate of drug-likeness (QED) is 0.412. The molecule has 56 valence electrons. The van der Waals surface area contributed by atoms with Gasteiger partial charge in [-0.05, 0) is 13.8 Å². The fraction of sp³-hybridized carbons (Fsp3) is 0.500. The normalized spacial score (nSPS) is 8.90. The van der Waals surface area contributed by atoms with Gasteiger partial charge in [-0.2, -0.15) is 5.26 Å². The third-order valence-corrected chi connectivity index (χ3v) is 0.788. The fourth-order valence-electron chi connectivity index (χ4n) is 0.347. The zero-order valence-corrected chi connectivity index (χ0v) is 6.93. The van der Waals surface area contributed by atoms with Gasteiger partial charge in [0.05, 0.1) is 5.57 Å². The Morgan fingerprint density at radius 2 is 1.90 bits per heavy atom. The highest BCUT2D eigenvalue weighted by Crippen LogP contribution is 1.90. The van der Waals surface area contributed by atoms with Crippen molar-refractivity contribution in [2.75, 3.05) is 0 Å². The van der Waals surface area contributed by atoms with Gasteiger partial charge in [0.1, 0.15) is 6.07 Å². The third-order valence-electron chi connectivity index (χ3n) is 0.788. The summed E-state index contributed by atoms with van der Waals surface area (Å²) in [6.07, 6.45) is 1.50. The molecule has 0 amide bonds. The van der Waals surface area contributed by atoms with Crippen LogP contribution in [0.2, 0.25) is 0 Å². The SMILES string of the molecule is C/C=C(\C#N)C(C)=O.CC. The van der Waals surface area contributed by atoms with E-state index < -0.39 is 0 Å². The Morgan fingerprint density at radius 3 is 1.90 bits per heavy atom. The number of Topliss-reactive ketones (excluding diaryl/α,β-unsaturated/α-hetero) is 1. The maximum atomic E-state index is 10.3. The molecule has 0 aromatic heterocycles. The Kier molecular flexibility index (Phi) is 9.22. The van der Waals surface area contributed by atoms with Crippen molar-refractivity contribution in [3.8, 4) is 6.07 Å². The Balaban J connectivity index is 0. The minimum absolute atomic E-state index is 0.171. The van der Waals surface area contributed by atoms with E-state index in [0.29, 0.717) is 0 Å². The van der Waals surface area contributed by atoms with Crippen molar-refractivity contribution in [1.82, 2.24) is 0 Å². The topological polar surface area (TPSA) is 40.9 Å². The molecule has 0 atom stereocenters. The van der Waals surface area contributed by atoms with E-state index in [9.17, 15) is 4.79 Å². The van der Waals surface area contributed by atoms with E-state index in [1.54, 1.807) is 13.0 Å². The average molecular weight is 139 g/mol. The first kappa shape index (κ1) is 11.7. The van der Waals surface area contributed by atoms with Gasteiger partial charge in [0.15, 0.2) is 5.78 Å². The predicted molar refractivity (Wildman–Crippen MR) is 41.4 cm³/mol. The van der Waals surface area contributed by atoms with Gasteiger partial charge in [-0.15, -0.1) is 0 Å². The number of carbonyl (C=O) groups is 1. The molecular formula is C8H13NO. The van der Waals surface area contributed by atoms with Crippen molar-refractivity contribution in [3.63, 3.8) is 0 Å². The second-order valence-corrected chi connectivity index (χ2v) is 1.37. The number of hydrogen-bond acceptors (Lipinski definition) is 2. The molecule has 0 bridgehead atoms. The zero-order chi connectivity index (χ0) is 8.57. The maximum absolute atomic E-state index is 10.3. The molecule has 0 N–H and O–H groups in total. The van der Waals surface area contributed by atoms with E-state index in [0.717, 1.165) is 0 Å². The number of hydrogen-bond donors (Lipinski definition) is 0. The van der Waals surface area contributed by atoms with Crippen LogP contribution in [0.4, 0.5) is 0 Å². The maximum Gasteiger partial charge on any atom is 0.169 e. The van der Waals surface area contributed by atoms with Crippen LogP contribution in [0.5, 0.6) is 0 Å². The van der Waals surface area contributed by atoms with Crippen LogP contribution in [-0.2, 0) is 4.79 Å². The minimum atomic E-state index is -0.171. The summed E-state index contributed by atoms with van der Waals surface area (Å²) in [4.78, 5) is 10.3. The monoisotopic (exact) mass is 139 g/mol. The minimum Gasteiger partial charge on any atom is -0.294 e. The number of ketones is 1. The van der Waals surface area contributed by atoms with Gasteiger partial charge >= 0.3 is 0 Å².